The molecule has 0 unspecified atom stereocenters. The second-order valence-corrected chi connectivity index (χ2v) is 3.58. The molecule has 0 saturated heterocycles. The molecule has 0 bridgehead atoms. The molecule has 0 aromatic rings. The van der Waals surface area contributed by atoms with Gasteiger partial charge in [0.2, 0.25) is 0 Å². The van der Waals surface area contributed by atoms with Gasteiger partial charge in [-0.15, -0.1) is 6.42 Å². The smallest absolute Gasteiger partial charge is 0.175 e. The molecule has 0 heterocycles. The molecule has 0 spiro atoms. The van der Waals surface area contributed by atoms with E-state index in [0.717, 1.165) is 6.92 Å². The molecule has 0 aromatic carbocycles. The summed E-state index contributed by atoms with van der Waals surface area (Å²) < 4.78 is 0. The van der Waals surface area contributed by atoms with E-state index < -0.39 is 18.4 Å². The Morgan fingerprint density at radius 2 is 2.12 bits per heavy atom. The quantitative estimate of drug-likeness (QED) is 0.186. The number of rotatable bonds is 5. The summed E-state index contributed by atoms with van der Waals surface area (Å²) in [5.41, 5.74) is 5.94. The number of allylic oxidation sites excluding steroid dienone is 2. The molecule has 16 heavy (non-hydrogen) atoms. The third-order valence-electron chi connectivity index (χ3n) is 1.94. The molecule has 0 fully saturated rings. The molecular formula is C11H17NO4. The van der Waals surface area contributed by atoms with E-state index in [1.54, 1.807) is 0 Å². The van der Waals surface area contributed by atoms with Crippen LogP contribution in [0.1, 0.15) is 13.3 Å². The van der Waals surface area contributed by atoms with Crippen molar-refractivity contribution < 1.29 is 20.4 Å². The van der Waals surface area contributed by atoms with Gasteiger partial charge in [0.15, 0.2) is 5.79 Å². The number of aliphatic hydroxyl groups is 4. The van der Waals surface area contributed by atoms with Gasteiger partial charge in [0.1, 0.15) is 12.4 Å². The summed E-state index contributed by atoms with van der Waals surface area (Å²) in [6.07, 6.45) is 7.71. The molecule has 0 aliphatic carbocycles. The fourth-order valence-electron chi connectivity index (χ4n) is 0.973. The van der Waals surface area contributed by atoms with Gasteiger partial charge >= 0.3 is 0 Å². The molecule has 0 radical (unpaired) electrons. The third kappa shape index (κ3) is 5.53. The van der Waals surface area contributed by atoms with Crippen LogP contribution in [0.15, 0.2) is 23.5 Å². The van der Waals surface area contributed by atoms with Gasteiger partial charge in [0.25, 0.3) is 0 Å². The molecule has 5 nitrogen and oxygen atoms in total. The SMILES string of the molecule is C#C/C=C(\C=C(\O)CO)C[C@H](N)C(C)(O)O. The van der Waals surface area contributed by atoms with Crippen molar-refractivity contribution in [3.05, 3.63) is 23.5 Å². The van der Waals surface area contributed by atoms with Crippen LogP contribution >= 0.6 is 0 Å². The Morgan fingerprint density at radius 3 is 2.50 bits per heavy atom. The Bertz CT molecular complexity index is 320. The number of terminal acetylenes is 1. The first kappa shape index (κ1) is 14.7. The predicted octanol–water partition coefficient (Wildman–Crippen LogP) is -0.602. The molecule has 0 aromatic heterocycles. The van der Waals surface area contributed by atoms with Gasteiger partial charge < -0.3 is 26.2 Å². The van der Waals surface area contributed by atoms with Gasteiger partial charge in [-0.3, -0.25) is 0 Å². The minimum atomic E-state index is -2.03. The average Bonchev–Trinajstić information content (AvgIpc) is 2.16. The first-order chi connectivity index (χ1) is 7.31. The van der Waals surface area contributed by atoms with Crippen LogP contribution in [-0.4, -0.2) is 38.9 Å². The highest BCUT2D eigenvalue weighted by molar-refractivity contribution is 5.29. The molecule has 6 N–H and O–H groups in total. The second kappa shape index (κ2) is 6.30. The summed E-state index contributed by atoms with van der Waals surface area (Å²) in [4.78, 5) is 0. The fraction of sp³-hybridized carbons (Fsp3) is 0.455. The Hall–Kier alpha value is -1.32. The molecule has 0 amide bonds. The summed E-state index contributed by atoms with van der Waals surface area (Å²) >= 11 is 0. The van der Waals surface area contributed by atoms with Crippen LogP contribution in [0.3, 0.4) is 0 Å². The van der Waals surface area contributed by atoms with Crippen molar-refractivity contribution in [3.63, 3.8) is 0 Å². The van der Waals surface area contributed by atoms with Crippen molar-refractivity contribution in [3.8, 4) is 12.3 Å². The van der Waals surface area contributed by atoms with Crippen LogP contribution < -0.4 is 5.73 Å². The highest BCUT2D eigenvalue weighted by Gasteiger charge is 2.25. The van der Waals surface area contributed by atoms with Crippen LogP contribution in [0.2, 0.25) is 0 Å². The molecule has 0 saturated carbocycles. The van der Waals surface area contributed by atoms with Crippen molar-refractivity contribution >= 4 is 0 Å². The molecule has 0 aliphatic rings. The zero-order chi connectivity index (χ0) is 12.8. The largest absolute Gasteiger partial charge is 0.510 e. The Labute approximate surface area is 94.5 Å². The summed E-state index contributed by atoms with van der Waals surface area (Å²) in [5, 5.41) is 36.2. The van der Waals surface area contributed by atoms with Crippen molar-refractivity contribution in [2.45, 2.75) is 25.2 Å². The molecule has 5 heteroatoms. The van der Waals surface area contributed by atoms with Gasteiger partial charge in [-0.1, -0.05) is 5.92 Å². The standard InChI is InChI=1S/C11H17NO4/c1-3-4-8(5-9(14)7-13)6-10(12)11(2,15)16/h1,4-5,10,13-16H,6-7,12H2,2H3/b8-4+,9-5+/t10-/m0/s1. The average molecular weight is 227 g/mol. The lowest BCUT2D eigenvalue weighted by Gasteiger charge is -2.24. The van der Waals surface area contributed by atoms with Gasteiger partial charge in [0, 0.05) is 0 Å². The van der Waals surface area contributed by atoms with Crippen LogP contribution in [0.5, 0.6) is 0 Å². The Kier molecular flexibility index (Phi) is 5.78. The van der Waals surface area contributed by atoms with Crippen LogP contribution in [0.25, 0.3) is 0 Å². The van der Waals surface area contributed by atoms with E-state index in [9.17, 15) is 10.2 Å². The van der Waals surface area contributed by atoms with Crippen molar-refractivity contribution in [2.75, 3.05) is 6.61 Å². The van der Waals surface area contributed by atoms with E-state index in [-0.39, 0.29) is 12.2 Å². The number of aliphatic hydroxyl groups excluding tert-OH is 2. The summed E-state index contributed by atoms with van der Waals surface area (Å²) in [7, 11) is 0. The zero-order valence-electron chi connectivity index (χ0n) is 9.09. The molecule has 90 valence electrons. The first-order valence-electron chi connectivity index (χ1n) is 4.67. The van der Waals surface area contributed by atoms with Crippen LogP contribution in [0, 0.1) is 12.3 Å². The first-order valence-corrected chi connectivity index (χ1v) is 4.67. The maximum absolute atomic E-state index is 9.21. The molecular weight excluding hydrogens is 210 g/mol. The van der Waals surface area contributed by atoms with Crippen LogP contribution in [-0.2, 0) is 0 Å². The predicted molar refractivity (Wildman–Crippen MR) is 60.1 cm³/mol. The second-order valence-electron chi connectivity index (χ2n) is 3.58. The monoisotopic (exact) mass is 227 g/mol. The van der Waals surface area contributed by atoms with Crippen molar-refractivity contribution in [1.29, 1.82) is 0 Å². The van der Waals surface area contributed by atoms with Gasteiger partial charge in [-0.25, -0.2) is 0 Å². The minimum Gasteiger partial charge on any atom is -0.510 e. The minimum absolute atomic E-state index is 0.0672. The molecule has 1 atom stereocenters. The van der Waals surface area contributed by atoms with E-state index >= 15 is 0 Å². The summed E-state index contributed by atoms with van der Waals surface area (Å²) in [5.74, 6) is -0.0675. The van der Waals surface area contributed by atoms with E-state index in [1.165, 1.54) is 12.2 Å². The highest BCUT2D eigenvalue weighted by Crippen LogP contribution is 2.14. The number of nitrogens with two attached hydrogens (primary N) is 1. The van der Waals surface area contributed by atoms with Crippen molar-refractivity contribution in [2.24, 2.45) is 5.73 Å². The highest BCUT2D eigenvalue weighted by atomic mass is 16.5. The van der Waals surface area contributed by atoms with E-state index in [1.807, 2.05) is 0 Å². The lowest BCUT2D eigenvalue weighted by Crippen LogP contribution is -2.45. The summed E-state index contributed by atoms with van der Waals surface area (Å²) in [6.45, 7) is 0.632. The molecule has 0 rings (SSSR count). The van der Waals surface area contributed by atoms with Crippen molar-refractivity contribution in [1.82, 2.24) is 0 Å². The Balaban J connectivity index is 4.75. The van der Waals surface area contributed by atoms with Gasteiger partial charge in [-0.05, 0) is 31.1 Å². The maximum Gasteiger partial charge on any atom is 0.175 e. The van der Waals surface area contributed by atoms with Crippen LogP contribution in [0.4, 0.5) is 0 Å². The lowest BCUT2D eigenvalue weighted by molar-refractivity contribution is -0.160. The third-order valence-corrected chi connectivity index (χ3v) is 1.94. The van der Waals surface area contributed by atoms with Gasteiger partial charge in [-0.2, -0.15) is 0 Å². The van der Waals surface area contributed by atoms with Gasteiger partial charge in [0.05, 0.1) is 6.04 Å². The topological polar surface area (TPSA) is 107 Å². The normalized spacial score (nSPS) is 15.8. The fourth-order valence-corrected chi connectivity index (χ4v) is 0.973. The van der Waals surface area contributed by atoms with E-state index in [4.69, 9.17) is 22.4 Å². The maximum atomic E-state index is 9.21. The van der Waals surface area contributed by atoms with E-state index in [0.29, 0.717) is 5.57 Å². The Morgan fingerprint density at radius 1 is 1.56 bits per heavy atom. The van der Waals surface area contributed by atoms with E-state index in [2.05, 4.69) is 5.92 Å². The lowest BCUT2D eigenvalue weighted by atomic mass is 10.00. The zero-order valence-corrected chi connectivity index (χ0v) is 9.09. The summed E-state index contributed by atoms with van der Waals surface area (Å²) in [6, 6.07) is -0.949. The number of hydrogen-bond acceptors (Lipinski definition) is 5. The number of hydrogen-bond donors (Lipinski definition) is 5. The molecule has 0 aliphatic heterocycles.